The van der Waals surface area contributed by atoms with E-state index in [2.05, 4.69) is 4.98 Å². The standard InChI is InChI=1S/C17H12Cl2FNO2/c1-8-4-9(20)5-15-12(8)6-10(21-15)7-13-14(18)3-2-11(16(13)19)17(22)23/h2-6,21H,7H2,1H3,(H,22,23). The van der Waals surface area contributed by atoms with Crippen molar-refractivity contribution in [2.45, 2.75) is 13.3 Å². The Morgan fingerprint density at radius 1 is 1.26 bits per heavy atom. The lowest BCUT2D eigenvalue weighted by Crippen LogP contribution is -2.01. The third-order valence-electron chi connectivity index (χ3n) is 3.75. The summed E-state index contributed by atoms with van der Waals surface area (Å²) >= 11 is 12.3. The number of carboxylic acid groups (broad SMARTS) is 1. The van der Waals surface area contributed by atoms with Gasteiger partial charge in [0.25, 0.3) is 0 Å². The molecule has 6 heteroatoms. The number of carbonyl (C=O) groups is 1. The lowest BCUT2D eigenvalue weighted by atomic mass is 10.1. The molecule has 0 aliphatic heterocycles. The maximum atomic E-state index is 13.5. The Balaban J connectivity index is 2.07. The number of aryl methyl sites for hydroxylation is 1. The lowest BCUT2D eigenvalue weighted by Gasteiger charge is -2.08. The molecule has 23 heavy (non-hydrogen) atoms. The Bertz CT molecular complexity index is 934. The third kappa shape index (κ3) is 2.92. The van der Waals surface area contributed by atoms with Crippen LogP contribution in [-0.4, -0.2) is 16.1 Å². The topological polar surface area (TPSA) is 53.1 Å². The van der Waals surface area contributed by atoms with Crippen molar-refractivity contribution in [3.63, 3.8) is 0 Å². The minimum atomic E-state index is -1.11. The van der Waals surface area contributed by atoms with E-state index in [1.54, 1.807) is 0 Å². The van der Waals surface area contributed by atoms with Gasteiger partial charge in [-0.1, -0.05) is 23.2 Å². The lowest BCUT2D eigenvalue weighted by molar-refractivity contribution is 0.0697. The molecule has 118 valence electrons. The molecule has 0 bridgehead atoms. The van der Waals surface area contributed by atoms with Crippen molar-refractivity contribution in [1.82, 2.24) is 4.98 Å². The van der Waals surface area contributed by atoms with Crippen LogP contribution in [0.15, 0.2) is 30.3 Å². The first-order chi connectivity index (χ1) is 10.9. The number of hydrogen-bond acceptors (Lipinski definition) is 1. The van der Waals surface area contributed by atoms with E-state index >= 15 is 0 Å². The van der Waals surface area contributed by atoms with Gasteiger partial charge in [0.15, 0.2) is 0 Å². The fraction of sp³-hybridized carbons (Fsp3) is 0.118. The van der Waals surface area contributed by atoms with Crippen molar-refractivity contribution in [2.75, 3.05) is 0 Å². The zero-order chi connectivity index (χ0) is 16.7. The number of rotatable bonds is 3. The van der Waals surface area contributed by atoms with E-state index in [1.165, 1.54) is 24.3 Å². The predicted molar refractivity (Wildman–Crippen MR) is 89.2 cm³/mol. The average Bonchev–Trinajstić information content (AvgIpc) is 2.86. The van der Waals surface area contributed by atoms with Crippen LogP contribution in [0.5, 0.6) is 0 Å². The normalized spacial score (nSPS) is 11.1. The number of halogens is 3. The molecule has 0 aliphatic carbocycles. The summed E-state index contributed by atoms with van der Waals surface area (Å²) in [7, 11) is 0. The Kier molecular flexibility index (Phi) is 4.04. The van der Waals surface area contributed by atoms with Crippen LogP contribution in [0.1, 0.15) is 27.2 Å². The number of aromatic nitrogens is 1. The van der Waals surface area contributed by atoms with Crippen molar-refractivity contribution >= 4 is 40.1 Å². The predicted octanol–water partition coefficient (Wildman–Crippen LogP) is 5.21. The summed E-state index contributed by atoms with van der Waals surface area (Å²) in [6.45, 7) is 1.83. The number of aromatic amines is 1. The smallest absolute Gasteiger partial charge is 0.337 e. The summed E-state index contributed by atoms with van der Waals surface area (Å²) < 4.78 is 13.5. The molecule has 0 fully saturated rings. The summed E-state index contributed by atoms with van der Waals surface area (Å²) in [4.78, 5) is 14.3. The van der Waals surface area contributed by atoms with Gasteiger partial charge in [-0.25, -0.2) is 9.18 Å². The molecule has 3 rings (SSSR count). The SMILES string of the molecule is Cc1cc(F)cc2[nH]c(Cc3c(Cl)ccc(C(=O)O)c3Cl)cc12. The molecule has 1 heterocycles. The van der Waals surface area contributed by atoms with Gasteiger partial charge in [-0.05, 0) is 48.4 Å². The second kappa shape index (κ2) is 5.87. The summed E-state index contributed by atoms with van der Waals surface area (Å²) in [5.74, 6) is -1.42. The fourth-order valence-electron chi connectivity index (χ4n) is 2.64. The Morgan fingerprint density at radius 2 is 2.00 bits per heavy atom. The monoisotopic (exact) mass is 351 g/mol. The van der Waals surface area contributed by atoms with Crippen molar-refractivity contribution < 1.29 is 14.3 Å². The second-order valence-electron chi connectivity index (χ2n) is 5.35. The van der Waals surface area contributed by atoms with Crippen LogP contribution in [0, 0.1) is 12.7 Å². The molecular weight excluding hydrogens is 340 g/mol. The van der Waals surface area contributed by atoms with Gasteiger partial charge in [0, 0.05) is 28.0 Å². The minimum absolute atomic E-state index is 0.00408. The molecule has 1 aromatic heterocycles. The molecule has 0 atom stereocenters. The first kappa shape index (κ1) is 15.8. The van der Waals surface area contributed by atoms with Gasteiger partial charge in [0.05, 0.1) is 10.6 Å². The van der Waals surface area contributed by atoms with E-state index in [0.29, 0.717) is 22.5 Å². The summed E-state index contributed by atoms with van der Waals surface area (Å²) in [5.41, 5.74) is 2.81. The van der Waals surface area contributed by atoms with E-state index < -0.39 is 5.97 Å². The van der Waals surface area contributed by atoms with E-state index in [9.17, 15) is 9.18 Å². The molecule has 0 unspecified atom stereocenters. The largest absolute Gasteiger partial charge is 0.478 e. The van der Waals surface area contributed by atoms with Crippen molar-refractivity contribution in [3.05, 3.63) is 68.6 Å². The highest BCUT2D eigenvalue weighted by atomic mass is 35.5. The summed E-state index contributed by atoms with van der Waals surface area (Å²) in [5, 5.41) is 10.6. The van der Waals surface area contributed by atoms with Gasteiger partial charge in [0.1, 0.15) is 5.82 Å². The number of hydrogen-bond donors (Lipinski definition) is 2. The number of fused-ring (bicyclic) bond motifs is 1. The van der Waals surface area contributed by atoms with Gasteiger partial charge in [0.2, 0.25) is 0 Å². The van der Waals surface area contributed by atoms with Crippen molar-refractivity contribution in [2.24, 2.45) is 0 Å². The Morgan fingerprint density at radius 3 is 2.70 bits per heavy atom. The quantitative estimate of drug-likeness (QED) is 0.680. The van der Waals surface area contributed by atoms with Gasteiger partial charge in [-0.3, -0.25) is 0 Å². The molecule has 0 spiro atoms. The van der Waals surface area contributed by atoms with Gasteiger partial charge in [-0.2, -0.15) is 0 Å². The number of benzene rings is 2. The van der Waals surface area contributed by atoms with Crippen LogP contribution in [0.3, 0.4) is 0 Å². The highest BCUT2D eigenvalue weighted by Crippen LogP contribution is 2.31. The summed E-state index contributed by atoms with van der Waals surface area (Å²) in [6, 6.07) is 7.67. The van der Waals surface area contributed by atoms with Crippen LogP contribution in [0.2, 0.25) is 10.0 Å². The average molecular weight is 352 g/mol. The van der Waals surface area contributed by atoms with E-state index in [1.807, 2.05) is 13.0 Å². The zero-order valence-corrected chi connectivity index (χ0v) is 13.6. The zero-order valence-electron chi connectivity index (χ0n) is 12.1. The van der Waals surface area contributed by atoms with E-state index in [0.717, 1.165) is 16.6 Å². The maximum absolute atomic E-state index is 13.5. The molecule has 0 aliphatic rings. The van der Waals surface area contributed by atoms with Gasteiger partial charge in [-0.15, -0.1) is 0 Å². The first-order valence-electron chi connectivity index (χ1n) is 6.84. The maximum Gasteiger partial charge on any atom is 0.337 e. The summed E-state index contributed by atoms with van der Waals surface area (Å²) in [6.07, 6.45) is 0.328. The molecule has 0 saturated carbocycles. The van der Waals surface area contributed by atoms with Crippen LogP contribution in [0.25, 0.3) is 10.9 Å². The first-order valence-corrected chi connectivity index (χ1v) is 7.60. The molecule has 0 amide bonds. The molecule has 3 nitrogen and oxygen atoms in total. The van der Waals surface area contributed by atoms with Crippen LogP contribution >= 0.6 is 23.2 Å². The highest BCUT2D eigenvalue weighted by Gasteiger charge is 2.17. The fourth-order valence-corrected chi connectivity index (χ4v) is 3.23. The molecular formula is C17H12Cl2FNO2. The van der Waals surface area contributed by atoms with E-state index in [-0.39, 0.29) is 16.4 Å². The number of nitrogens with one attached hydrogen (secondary N) is 1. The molecule has 0 saturated heterocycles. The Labute approximate surface area is 141 Å². The van der Waals surface area contributed by atoms with Gasteiger partial charge < -0.3 is 10.1 Å². The van der Waals surface area contributed by atoms with Crippen molar-refractivity contribution in [3.8, 4) is 0 Å². The van der Waals surface area contributed by atoms with Crippen LogP contribution < -0.4 is 0 Å². The van der Waals surface area contributed by atoms with Crippen molar-refractivity contribution in [1.29, 1.82) is 0 Å². The highest BCUT2D eigenvalue weighted by molar-refractivity contribution is 6.38. The number of carboxylic acids is 1. The Hall–Kier alpha value is -2.04. The second-order valence-corrected chi connectivity index (χ2v) is 6.13. The van der Waals surface area contributed by atoms with Gasteiger partial charge >= 0.3 is 5.97 Å². The molecule has 0 radical (unpaired) electrons. The molecule has 3 aromatic rings. The minimum Gasteiger partial charge on any atom is -0.478 e. The van der Waals surface area contributed by atoms with Crippen LogP contribution in [-0.2, 0) is 6.42 Å². The third-order valence-corrected chi connectivity index (χ3v) is 4.53. The molecule has 2 aromatic carbocycles. The van der Waals surface area contributed by atoms with Crippen LogP contribution in [0.4, 0.5) is 4.39 Å². The molecule has 2 N–H and O–H groups in total. The van der Waals surface area contributed by atoms with E-state index in [4.69, 9.17) is 28.3 Å². The number of H-pyrrole nitrogens is 1. The number of aromatic carboxylic acids is 1.